The second-order valence-electron chi connectivity index (χ2n) is 4.55. The van der Waals surface area contributed by atoms with Gasteiger partial charge < -0.3 is 4.74 Å². The number of rotatable bonds is 5. The number of halogens is 3. The molecule has 0 aromatic heterocycles. The van der Waals surface area contributed by atoms with Crippen LogP contribution >= 0.6 is 23.2 Å². The van der Waals surface area contributed by atoms with E-state index in [1.54, 1.807) is 30.3 Å². The molecule has 112 valence electrons. The molecule has 0 saturated heterocycles. The van der Waals surface area contributed by atoms with Crippen LogP contribution in [0.4, 0.5) is 4.39 Å². The molecule has 2 rings (SSSR count). The lowest BCUT2D eigenvalue weighted by Gasteiger charge is -2.18. The Morgan fingerprint density at radius 3 is 2.57 bits per heavy atom. The van der Waals surface area contributed by atoms with Crippen molar-refractivity contribution in [3.8, 4) is 5.75 Å². The van der Waals surface area contributed by atoms with Gasteiger partial charge in [0, 0.05) is 21.7 Å². The van der Waals surface area contributed by atoms with Crippen molar-refractivity contribution < 1.29 is 9.13 Å². The summed E-state index contributed by atoms with van der Waals surface area (Å²) in [5.74, 6) is 5.62. The summed E-state index contributed by atoms with van der Waals surface area (Å²) in [7, 11) is 1.49. The highest BCUT2D eigenvalue weighted by molar-refractivity contribution is 6.35. The Morgan fingerprint density at radius 2 is 2.00 bits per heavy atom. The fraction of sp³-hybridized carbons (Fsp3) is 0.200. The number of hydrogen-bond acceptors (Lipinski definition) is 3. The summed E-state index contributed by atoms with van der Waals surface area (Å²) >= 11 is 12.0. The molecule has 1 atom stereocenters. The normalized spacial score (nSPS) is 12.2. The van der Waals surface area contributed by atoms with Crippen LogP contribution in [0.3, 0.4) is 0 Å². The van der Waals surface area contributed by atoms with Crippen LogP contribution in [-0.2, 0) is 6.42 Å². The average molecular weight is 329 g/mol. The third-order valence-electron chi connectivity index (χ3n) is 3.22. The number of nitrogens with two attached hydrogens (primary N) is 1. The van der Waals surface area contributed by atoms with Crippen LogP contribution in [0.5, 0.6) is 5.75 Å². The summed E-state index contributed by atoms with van der Waals surface area (Å²) in [6, 6.07) is 9.43. The van der Waals surface area contributed by atoms with E-state index >= 15 is 0 Å². The summed E-state index contributed by atoms with van der Waals surface area (Å²) in [6.45, 7) is 0. The van der Waals surface area contributed by atoms with Gasteiger partial charge in [0.2, 0.25) is 0 Å². The van der Waals surface area contributed by atoms with Gasteiger partial charge in [0.25, 0.3) is 0 Å². The second kappa shape index (κ2) is 7.09. The van der Waals surface area contributed by atoms with Crippen molar-refractivity contribution in [2.45, 2.75) is 12.5 Å². The SMILES string of the molecule is COc1ccc(C(Cc2ccc(Cl)cc2Cl)NN)c(F)c1. The van der Waals surface area contributed by atoms with Gasteiger partial charge in [0.15, 0.2) is 0 Å². The van der Waals surface area contributed by atoms with E-state index in [4.69, 9.17) is 33.8 Å². The number of hydrazine groups is 1. The Labute approximate surface area is 132 Å². The minimum absolute atomic E-state index is 0.387. The lowest BCUT2D eigenvalue weighted by Crippen LogP contribution is -2.30. The lowest BCUT2D eigenvalue weighted by atomic mass is 9.98. The molecule has 2 aromatic carbocycles. The Balaban J connectivity index is 2.27. The fourth-order valence-electron chi connectivity index (χ4n) is 2.08. The molecule has 0 fully saturated rings. The van der Waals surface area contributed by atoms with Crippen LogP contribution in [0.15, 0.2) is 36.4 Å². The monoisotopic (exact) mass is 328 g/mol. The summed E-state index contributed by atoms with van der Waals surface area (Å²) in [6.07, 6.45) is 0.440. The van der Waals surface area contributed by atoms with Crippen molar-refractivity contribution in [1.29, 1.82) is 0 Å². The maximum absolute atomic E-state index is 14.1. The number of nitrogens with one attached hydrogen (secondary N) is 1. The van der Waals surface area contributed by atoms with Crippen molar-refractivity contribution in [1.82, 2.24) is 5.43 Å². The average Bonchev–Trinajstić information content (AvgIpc) is 2.47. The number of ether oxygens (including phenoxy) is 1. The van der Waals surface area contributed by atoms with E-state index in [0.29, 0.717) is 27.8 Å². The van der Waals surface area contributed by atoms with Crippen LogP contribution in [0, 0.1) is 5.82 Å². The molecule has 3 nitrogen and oxygen atoms in total. The smallest absolute Gasteiger partial charge is 0.131 e. The van der Waals surface area contributed by atoms with Gasteiger partial charge in [-0.05, 0) is 30.2 Å². The minimum Gasteiger partial charge on any atom is -0.497 e. The van der Waals surface area contributed by atoms with Crippen LogP contribution in [0.1, 0.15) is 17.2 Å². The number of hydrogen-bond donors (Lipinski definition) is 2. The quantitative estimate of drug-likeness (QED) is 0.646. The Morgan fingerprint density at radius 1 is 1.24 bits per heavy atom. The van der Waals surface area contributed by atoms with E-state index in [1.165, 1.54) is 13.2 Å². The van der Waals surface area contributed by atoms with Crippen LogP contribution in [0.2, 0.25) is 10.0 Å². The molecule has 0 aliphatic rings. The fourth-order valence-corrected chi connectivity index (χ4v) is 2.57. The van der Waals surface area contributed by atoms with Crippen molar-refractivity contribution in [3.05, 3.63) is 63.4 Å². The largest absolute Gasteiger partial charge is 0.497 e. The predicted octanol–water partition coefficient (Wildman–Crippen LogP) is 3.89. The first kappa shape index (κ1) is 16.0. The molecule has 0 heterocycles. The Hall–Kier alpha value is -1.33. The molecule has 3 N–H and O–H groups in total. The molecule has 0 spiro atoms. The molecule has 0 aliphatic carbocycles. The molecule has 0 bridgehead atoms. The van der Waals surface area contributed by atoms with Gasteiger partial charge in [-0.3, -0.25) is 11.3 Å². The molecule has 6 heteroatoms. The van der Waals surface area contributed by atoms with E-state index in [-0.39, 0.29) is 5.82 Å². The van der Waals surface area contributed by atoms with Gasteiger partial charge in [-0.2, -0.15) is 0 Å². The van der Waals surface area contributed by atoms with E-state index in [2.05, 4.69) is 5.43 Å². The van der Waals surface area contributed by atoms with Gasteiger partial charge in [-0.25, -0.2) is 4.39 Å². The molecule has 0 radical (unpaired) electrons. The molecule has 0 aliphatic heterocycles. The van der Waals surface area contributed by atoms with E-state index in [0.717, 1.165) is 5.56 Å². The van der Waals surface area contributed by atoms with Crippen LogP contribution in [-0.4, -0.2) is 7.11 Å². The van der Waals surface area contributed by atoms with Gasteiger partial charge in [-0.1, -0.05) is 35.3 Å². The zero-order chi connectivity index (χ0) is 15.4. The van der Waals surface area contributed by atoms with Gasteiger partial charge >= 0.3 is 0 Å². The maximum atomic E-state index is 14.1. The van der Waals surface area contributed by atoms with Gasteiger partial charge in [0.05, 0.1) is 13.2 Å². The topological polar surface area (TPSA) is 47.3 Å². The van der Waals surface area contributed by atoms with Crippen LogP contribution in [0.25, 0.3) is 0 Å². The number of methoxy groups -OCH3 is 1. The third kappa shape index (κ3) is 3.86. The van der Waals surface area contributed by atoms with Crippen molar-refractivity contribution in [2.75, 3.05) is 7.11 Å². The second-order valence-corrected chi connectivity index (χ2v) is 5.39. The van der Waals surface area contributed by atoms with E-state index in [1.807, 2.05) is 0 Å². The standard InChI is InChI=1S/C15H15Cl2FN2O/c1-21-11-4-5-12(14(18)8-11)15(20-19)6-9-2-3-10(16)7-13(9)17/h2-5,7-8,15,20H,6,19H2,1H3. The zero-order valence-corrected chi connectivity index (χ0v) is 12.9. The third-order valence-corrected chi connectivity index (χ3v) is 3.81. The maximum Gasteiger partial charge on any atom is 0.131 e. The van der Waals surface area contributed by atoms with Crippen molar-refractivity contribution in [3.63, 3.8) is 0 Å². The Bertz CT molecular complexity index is 637. The zero-order valence-electron chi connectivity index (χ0n) is 11.4. The van der Waals surface area contributed by atoms with Gasteiger partial charge in [-0.15, -0.1) is 0 Å². The Kier molecular flexibility index (Phi) is 5.42. The summed E-state index contributed by atoms with van der Waals surface area (Å²) < 4.78 is 19.1. The van der Waals surface area contributed by atoms with Crippen LogP contribution < -0.4 is 16.0 Å². The molecule has 21 heavy (non-hydrogen) atoms. The molecule has 1 unspecified atom stereocenters. The highest BCUT2D eigenvalue weighted by atomic mass is 35.5. The first-order valence-corrected chi connectivity index (χ1v) is 7.04. The summed E-state index contributed by atoms with van der Waals surface area (Å²) in [5.41, 5.74) is 3.90. The molecular weight excluding hydrogens is 314 g/mol. The molecular formula is C15H15Cl2FN2O. The first-order chi connectivity index (χ1) is 10.0. The van der Waals surface area contributed by atoms with Crippen molar-refractivity contribution in [2.24, 2.45) is 5.84 Å². The highest BCUT2D eigenvalue weighted by Crippen LogP contribution is 2.28. The number of benzene rings is 2. The minimum atomic E-state index is -0.408. The summed E-state index contributed by atoms with van der Waals surface area (Å²) in [4.78, 5) is 0. The summed E-state index contributed by atoms with van der Waals surface area (Å²) in [5, 5.41) is 1.08. The highest BCUT2D eigenvalue weighted by Gasteiger charge is 2.17. The molecule has 2 aromatic rings. The van der Waals surface area contributed by atoms with Crippen molar-refractivity contribution >= 4 is 23.2 Å². The molecule has 0 amide bonds. The lowest BCUT2D eigenvalue weighted by molar-refractivity contribution is 0.409. The van der Waals surface area contributed by atoms with E-state index in [9.17, 15) is 4.39 Å². The van der Waals surface area contributed by atoms with E-state index < -0.39 is 6.04 Å². The first-order valence-electron chi connectivity index (χ1n) is 6.28. The predicted molar refractivity (Wildman–Crippen MR) is 83.2 cm³/mol. The molecule has 0 saturated carbocycles. The van der Waals surface area contributed by atoms with Gasteiger partial charge in [0.1, 0.15) is 11.6 Å².